The predicted octanol–water partition coefficient (Wildman–Crippen LogP) is 2.47. The van der Waals surface area contributed by atoms with E-state index in [1.807, 2.05) is 6.92 Å². The lowest BCUT2D eigenvalue weighted by molar-refractivity contribution is -0.121. The second-order valence-corrected chi connectivity index (χ2v) is 4.74. The third-order valence-electron chi connectivity index (χ3n) is 3.19. The maximum atomic E-state index is 11.3. The van der Waals surface area contributed by atoms with Crippen LogP contribution < -0.4 is 10.1 Å². The number of fused-ring (bicyclic) bond motifs is 1. The standard InChI is InChI=1S/C15H21NO2/c1-2-4-15(17)16-9-8-12-6-7-14-13(11-12)5-3-10-18-14/h6-7,11H,2-5,8-10H2,1H3,(H,16,17). The Morgan fingerprint density at radius 3 is 3.17 bits per heavy atom. The molecule has 0 saturated heterocycles. The van der Waals surface area contributed by atoms with Crippen LogP contribution in [0.2, 0.25) is 0 Å². The SMILES string of the molecule is CCCC(=O)NCCc1ccc2c(c1)CCCO2. The van der Waals surface area contributed by atoms with Gasteiger partial charge in [-0.25, -0.2) is 0 Å². The number of carbonyl (C=O) groups is 1. The zero-order valence-corrected chi connectivity index (χ0v) is 11.0. The summed E-state index contributed by atoms with van der Waals surface area (Å²) < 4.78 is 5.58. The summed E-state index contributed by atoms with van der Waals surface area (Å²) in [5.41, 5.74) is 2.58. The number of aryl methyl sites for hydroxylation is 1. The average molecular weight is 247 g/mol. The molecule has 0 radical (unpaired) electrons. The lowest BCUT2D eigenvalue weighted by atomic mass is 10.0. The highest BCUT2D eigenvalue weighted by molar-refractivity contribution is 5.75. The number of ether oxygens (including phenoxy) is 1. The summed E-state index contributed by atoms with van der Waals surface area (Å²) in [5.74, 6) is 1.18. The van der Waals surface area contributed by atoms with Gasteiger partial charge in [-0.1, -0.05) is 19.1 Å². The van der Waals surface area contributed by atoms with Gasteiger partial charge in [-0.15, -0.1) is 0 Å². The summed E-state index contributed by atoms with van der Waals surface area (Å²) in [4.78, 5) is 11.3. The van der Waals surface area contributed by atoms with Crippen molar-refractivity contribution in [1.82, 2.24) is 5.32 Å². The first kappa shape index (κ1) is 12.9. The molecule has 0 atom stereocenters. The zero-order chi connectivity index (χ0) is 12.8. The fraction of sp³-hybridized carbons (Fsp3) is 0.533. The van der Waals surface area contributed by atoms with Crippen LogP contribution in [0.3, 0.4) is 0 Å². The molecule has 0 saturated carbocycles. The molecule has 1 N–H and O–H groups in total. The van der Waals surface area contributed by atoms with E-state index in [0.29, 0.717) is 6.42 Å². The molecule has 0 unspecified atom stereocenters. The van der Waals surface area contributed by atoms with Gasteiger partial charge in [0.25, 0.3) is 0 Å². The second kappa shape index (κ2) is 6.43. The molecule has 0 aromatic heterocycles. The van der Waals surface area contributed by atoms with Gasteiger partial charge in [0.2, 0.25) is 5.91 Å². The van der Waals surface area contributed by atoms with E-state index in [0.717, 1.165) is 44.6 Å². The number of hydrogen-bond acceptors (Lipinski definition) is 2. The van der Waals surface area contributed by atoms with E-state index in [4.69, 9.17) is 4.74 Å². The number of amides is 1. The second-order valence-electron chi connectivity index (χ2n) is 4.74. The maximum Gasteiger partial charge on any atom is 0.219 e. The van der Waals surface area contributed by atoms with Crippen LogP contribution in [0.4, 0.5) is 0 Å². The van der Waals surface area contributed by atoms with Crippen molar-refractivity contribution in [1.29, 1.82) is 0 Å². The number of hydrogen-bond donors (Lipinski definition) is 1. The third kappa shape index (κ3) is 3.49. The number of nitrogens with one attached hydrogen (secondary N) is 1. The number of benzene rings is 1. The quantitative estimate of drug-likeness (QED) is 0.868. The molecular weight excluding hydrogens is 226 g/mol. The summed E-state index contributed by atoms with van der Waals surface area (Å²) in [6, 6.07) is 6.36. The van der Waals surface area contributed by atoms with Crippen LogP contribution in [0.25, 0.3) is 0 Å². The minimum absolute atomic E-state index is 0.152. The van der Waals surface area contributed by atoms with Gasteiger partial charge in [0, 0.05) is 13.0 Å². The van der Waals surface area contributed by atoms with E-state index in [-0.39, 0.29) is 5.91 Å². The van der Waals surface area contributed by atoms with E-state index >= 15 is 0 Å². The monoisotopic (exact) mass is 247 g/mol. The van der Waals surface area contributed by atoms with E-state index in [9.17, 15) is 4.79 Å². The van der Waals surface area contributed by atoms with E-state index in [1.54, 1.807) is 0 Å². The Hall–Kier alpha value is -1.51. The normalized spacial score (nSPS) is 13.6. The molecule has 0 spiro atoms. The lowest BCUT2D eigenvalue weighted by Gasteiger charge is -2.17. The van der Waals surface area contributed by atoms with Gasteiger partial charge in [0.05, 0.1) is 6.61 Å². The molecule has 98 valence electrons. The molecule has 3 nitrogen and oxygen atoms in total. The number of carbonyl (C=O) groups excluding carboxylic acids is 1. The van der Waals surface area contributed by atoms with Gasteiger partial charge in [-0.3, -0.25) is 4.79 Å². The molecular formula is C15H21NO2. The Labute approximate surface area is 109 Å². The van der Waals surface area contributed by atoms with Gasteiger partial charge in [-0.05, 0) is 42.9 Å². The van der Waals surface area contributed by atoms with Gasteiger partial charge in [0.15, 0.2) is 0 Å². The molecule has 1 heterocycles. The molecule has 1 aromatic rings. The van der Waals surface area contributed by atoms with Crippen LogP contribution in [0.1, 0.15) is 37.3 Å². The maximum absolute atomic E-state index is 11.3. The van der Waals surface area contributed by atoms with Crippen molar-refractivity contribution < 1.29 is 9.53 Å². The topological polar surface area (TPSA) is 38.3 Å². The summed E-state index contributed by atoms with van der Waals surface area (Å²) in [6.45, 7) is 3.57. The summed E-state index contributed by atoms with van der Waals surface area (Å²) in [5, 5.41) is 2.94. The van der Waals surface area contributed by atoms with Gasteiger partial charge in [0.1, 0.15) is 5.75 Å². The van der Waals surface area contributed by atoms with Gasteiger partial charge in [-0.2, -0.15) is 0 Å². The Morgan fingerprint density at radius 1 is 1.44 bits per heavy atom. The van der Waals surface area contributed by atoms with E-state index < -0.39 is 0 Å². The van der Waals surface area contributed by atoms with Crippen LogP contribution in [0, 0.1) is 0 Å². The molecule has 1 amide bonds. The van der Waals surface area contributed by atoms with Gasteiger partial charge < -0.3 is 10.1 Å². The Balaban J connectivity index is 1.84. The fourth-order valence-electron chi connectivity index (χ4n) is 2.23. The van der Waals surface area contributed by atoms with Crippen molar-refractivity contribution in [3.63, 3.8) is 0 Å². The first-order chi connectivity index (χ1) is 8.79. The van der Waals surface area contributed by atoms with E-state index in [1.165, 1.54) is 11.1 Å². The first-order valence-corrected chi connectivity index (χ1v) is 6.81. The lowest BCUT2D eigenvalue weighted by Crippen LogP contribution is -2.25. The van der Waals surface area contributed by atoms with Crippen molar-refractivity contribution in [2.24, 2.45) is 0 Å². The fourth-order valence-corrected chi connectivity index (χ4v) is 2.23. The first-order valence-electron chi connectivity index (χ1n) is 6.81. The van der Waals surface area contributed by atoms with Crippen LogP contribution in [0.5, 0.6) is 5.75 Å². The zero-order valence-electron chi connectivity index (χ0n) is 11.0. The highest BCUT2D eigenvalue weighted by Gasteiger charge is 2.10. The summed E-state index contributed by atoms with van der Waals surface area (Å²) in [7, 11) is 0. The highest BCUT2D eigenvalue weighted by atomic mass is 16.5. The van der Waals surface area contributed by atoms with Crippen molar-refractivity contribution in [3.05, 3.63) is 29.3 Å². The van der Waals surface area contributed by atoms with Crippen molar-refractivity contribution >= 4 is 5.91 Å². The molecule has 1 aromatic carbocycles. The minimum Gasteiger partial charge on any atom is -0.493 e. The summed E-state index contributed by atoms with van der Waals surface area (Å²) in [6.07, 6.45) is 4.62. The van der Waals surface area contributed by atoms with Crippen LogP contribution in [-0.2, 0) is 17.6 Å². The van der Waals surface area contributed by atoms with Crippen molar-refractivity contribution in [3.8, 4) is 5.75 Å². The highest BCUT2D eigenvalue weighted by Crippen LogP contribution is 2.25. The Kier molecular flexibility index (Phi) is 4.62. The van der Waals surface area contributed by atoms with Crippen LogP contribution >= 0.6 is 0 Å². The molecule has 0 bridgehead atoms. The molecule has 1 aliphatic rings. The molecule has 2 rings (SSSR count). The third-order valence-corrected chi connectivity index (χ3v) is 3.19. The molecule has 0 aliphatic carbocycles. The van der Waals surface area contributed by atoms with Crippen LogP contribution in [0.15, 0.2) is 18.2 Å². The van der Waals surface area contributed by atoms with Gasteiger partial charge >= 0.3 is 0 Å². The Morgan fingerprint density at radius 2 is 2.33 bits per heavy atom. The molecule has 3 heteroatoms. The minimum atomic E-state index is 0.152. The van der Waals surface area contributed by atoms with Crippen molar-refractivity contribution in [2.45, 2.75) is 39.0 Å². The summed E-state index contributed by atoms with van der Waals surface area (Å²) >= 11 is 0. The molecule has 0 fully saturated rings. The average Bonchev–Trinajstić information content (AvgIpc) is 2.39. The number of rotatable bonds is 5. The van der Waals surface area contributed by atoms with Crippen LogP contribution in [-0.4, -0.2) is 19.1 Å². The Bertz CT molecular complexity index is 415. The predicted molar refractivity (Wildman–Crippen MR) is 71.9 cm³/mol. The molecule has 18 heavy (non-hydrogen) atoms. The molecule has 1 aliphatic heterocycles. The van der Waals surface area contributed by atoms with Crippen molar-refractivity contribution in [2.75, 3.05) is 13.2 Å². The van der Waals surface area contributed by atoms with E-state index in [2.05, 4.69) is 23.5 Å². The smallest absolute Gasteiger partial charge is 0.219 e. The largest absolute Gasteiger partial charge is 0.493 e.